The molecule has 0 spiro atoms. The van der Waals surface area contributed by atoms with E-state index >= 15 is 0 Å². The van der Waals surface area contributed by atoms with Crippen LogP contribution in [0.25, 0.3) is 0 Å². The monoisotopic (exact) mass is 290 g/mol. The van der Waals surface area contributed by atoms with E-state index in [4.69, 9.17) is 0 Å². The molecule has 1 aromatic carbocycles. The third-order valence-corrected chi connectivity index (χ3v) is 4.62. The topological polar surface area (TPSA) is 15.3 Å². The zero-order chi connectivity index (χ0) is 16.0. The van der Waals surface area contributed by atoms with Crippen LogP contribution in [0, 0.1) is 20.8 Å². The molecule has 1 N–H and O–H groups in total. The molecule has 0 heterocycles. The lowest BCUT2D eigenvalue weighted by Gasteiger charge is -2.21. The van der Waals surface area contributed by atoms with Gasteiger partial charge < -0.3 is 10.2 Å². The normalized spacial score (nSPS) is 13.2. The molecular formula is C19H34N2. The maximum Gasteiger partial charge on any atom is 0.0294 e. The summed E-state index contributed by atoms with van der Waals surface area (Å²) in [6.07, 6.45) is 2.51. The standard InChI is InChI=1S/C19H34N2/c1-14(2)21(7)11-9-8-10-20-18(6)19-13-16(4)15(3)12-17(19)5/h12-14,18,20H,8-11H2,1-7H3. The molecule has 0 aliphatic rings. The predicted molar refractivity (Wildman–Crippen MR) is 94.1 cm³/mol. The van der Waals surface area contributed by atoms with Crippen LogP contribution in [-0.4, -0.2) is 31.1 Å². The van der Waals surface area contributed by atoms with Crippen LogP contribution in [0.5, 0.6) is 0 Å². The quantitative estimate of drug-likeness (QED) is 0.715. The van der Waals surface area contributed by atoms with Gasteiger partial charge >= 0.3 is 0 Å². The molecule has 0 saturated heterocycles. The van der Waals surface area contributed by atoms with Crippen molar-refractivity contribution in [1.29, 1.82) is 0 Å². The molecule has 2 nitrogen and oxygen atoms in total. The van der Waals surface area contributed by atoms with Gasteiger partial charge in [-0.2, -0.15) is 0 Å². The number of aryl methyl sites for hydroxylation is 3. The minimum absolute atomic E-state index is 0.437. The van der Waals surface area contributed by atoms with Gasteiger partial charge in [-0.1, -0.05) is 12.1 Å². The van der Waals surface area contributed by atoms with Crippen LogP contribution in [0.4, 0.5) is 0 Å². The van der Waals surface area contributed by atoms with Crippen LogP contribution in [0.2, 0.25) is 0 Å². The van der Waals surface area contributed by atoms with E-state index in [0.717, 1.165) is 6.54 Å². The average Bonchev–Trinajstić information content (AvgIpc) is 2.41. The first kappa shape index (κ1) is 18.2. The van der Waals surface area contributed by atoms with Gasteiger partial charge in [0.1, 0.15) is 0 Å². The van der Waals surface area contributed by atoms with E-state index < -0.39 is 0 Å². The summed E-state index contributed by atoms with van der Waals surface area (Å²) < 4.78 is 0. The van der Waals surface area contributed by atoms with Gasteiger partial charge in [-0.05, 0) is 96.8 Å². The molecule has 0 bridgehead atoms. The van der Waals surface area contributed by atoms with Crippen molar-refractivity contribution in [1.82, 2.24) is 10.2 Å². The molecule has 21 heavy (non-hydrogen) atoms. The van der Waals surface area contributed by atoms with Gasteiger partial charge in [-0.15, -0.1) is 0 Å². The highest BCUT2D eigenvalue weighted by atomic mass is 15.1. The summed E-state index contributed by atoms with van der Waals surface area (Å²) in [5.74, 6) is 0. The van der Waals surface area contributed by atoms with E-state index in [0.29, 0.717) is 12.1 Å². The molecular weight excluding hydrogens is 256 g/mol. The summed E-state index contributed by atoms with van der Waals surface area (Å²) in [4.78, 5) is 2.41. The van der Waals surface area contributed by atoms with Gasteiger partial charge in [0.25, 0.3) is 0 Å². The van der Waals surface area contributed by atoms with E-state index in [1.807, 2.05) is 0 Å². The van der Waals surface area contributed by atoms with Gasteiger partial charge in [0.15, 0.2) is 0 Å². The Morgan fingerprint density at radius 3 is 2.19 bits per heavy atom. The average molecular weight is 290 g/mol. The summed E-state index contributed by atoms with van der Waals surface area (Å²) in [7, 11) is 2.21. The first-order chi connectivity index (χ1) is 9.82. The molecule has 2 heteroatoms. The number of hydrogen-bond acceptors (Lipinski definition) is 2. The smallest absolute Gasteiger partial charge is 0.0294 e. The van der Waals surface area contributed by atoms with Crippen LogP contribution < -0.4 is 5.32 Å². The van der Waals surface area contributed by atoms with Crippen molar-refractivity contribution in [2.75, 3.05) is 20.1 Å². The lowest BCUT2D eigenvalue weighted by Crippen LogP contribution is -2.28. The van der Waals surface area contributed by atoms with E-state index in [-0.39, 0.29) is 0 Å². The van der Waals surface area contributed by atoms with Crippen molar-refractivity contribution in [2.45, 2.75) is 66.5 Å². The molecule has 120 valence electrons. The van der Waals surface area contributed by atoms with Crippen LogP contribution in [0.15, 0.2) is 12.1 Å². The first-order valence-electron chi connectivity index (χ1n) is 8.34. The third-order valence-electron chi connectivity index (χ3n) is 4.62. The Hall–Kier alpha value is -0.860. The first-order valence-corrected chi connectivity index (χ1v) is 8.34. The molecule has 0 fully saturated rings. The van der Waals surface area contributed by atoms with Gasteiger partial charge in [0, 0.05) is 12.1 Å². The predicted octanol–water partition coefficient (Wildman–Crippen LogP) is 4.38. The van der Waals surface area contributed by atoms with Gasteiger partial charge in [0.2, 0.25) is 0 Å². The summed E-state index contributed by atoms with van der Waals surface area (Å²) in [6, 6.07) is 5.73. The molecule has 0 amide bonds. The largest absolute Gasteiger partial charge is 0.310 e. The Morgan fingerprint density at radius 1 is 0.952 bits per heavy atom. The summed E-state index contributed by atoms with van der Waals surface area (Å²) in [6.45, 7) is 15.7. The SMILES string of the molecule is Cc1cc(C)c(C(C)NCCCCN(C)C(C)C)cc1C. The summed E-state index contributed by atoms with van der Waals surface area (Å²) in [5.41, 5.74) is 5.62. The summed E-state index contributed by atoms with van der Waals surface area (Å²) >= 11 is 0. The Morgan fingerprint density at radius 2 is 1.57 bits per heavy atom. The Labute approximate surface area is 131 Å². The van der Waals surface area contributed by atoms with E-state index in [9.17, 15) is 0 Å². The van der Waals surface area contributed by atoms with Crippen molar-refractivity contribution < 1.29 is 0 Å². The Bertz CT molecular complexity index is 437. The summed E-state index contributed by atoms with van der Waals surface area (Å²) in [5, 5.41) is 3.67. The van der Waals surface area contributed by atoms with Gasteiger partial charge in [-0.3, -0.25) is 0 Å². The van der Waals surface area contributed by atoms with Crippen LogP contribution in [0.1, 0.15) is 61.9 Å². The lowest BCUT2D eigenvalue weighted by molar-refractivity contribution is 0.267. The lowest BCUT2D eigenvalue weighted by atomic mass is 9.96. The van der Waals surface area contributed by atoms with E-state index in [2.05, 4.69) is 70.9 Å². The molecule has 1 unspecified atom stereocenters. The van der Waals surface area contributed by atoms with E-state index in [1.165, 1.54) is 41.6 Å². The van der Waals surface area contributed by atoms with Crippen molar-refractivity contribution in [3.05, 3.63) is 34.4 Å². The van der Waals surface area contributed by atoms with Crippen molar-refractivity contribution in [3.8, 4) is 0 Å². The zero-order valence-corrected chi connectivity index (χ0v) is 15.1. The van der Waals surface area contributed by atoms with Crippen LogP contribution in [0.3, 0.4) is 0 Å². The van der Waals surface area contributed by atoms with Crippen LogP contribution >= 0.6 is 0 Å². The highest BCUT2D eigenvalue weighted by Gasteiger charge is 2.09. The van der Waals surface area contributed by atoms with Gasteiger partial charge in [-0.25, -0.2) is 0 Å². The molecule has 0 saturated carbocycles. The number of hydrogen-bond donors (Lipinski definition) is 1. The Balaban J connectivity index is 2.38. The van der Waals surface area contributed by atoms with E-state index in [1.54, 1.807) is 0 Å². The number of benzene rings is 1. The second-order valence-corrected chi connectivity index (χ2v) is 6.75. The minimum Gasteiger partial charge on any atom is -0.310 e. The molecule has 1 atom stereocenters. The van der Waals surface area contributed by atoms with Crippen molar-refractivity contribution in [3.63, 3.8) is 0 Å². The maximum absolute atomic E-state index is 3.67. The van der Waals surface area contributed by atoms with Crippen LogP contribution in [-0.2, 0) is 0 Å². The molecule has 0 aliphatic heterocycles. The fraction of sp³-hybridized carbons (Fsp3) is 0.684. The number of rotatable bonds is 8. The molecule has 0 radical (unpaired) electrons. The van der Waals surface area contributed by atoms with Crippen molar-refractivity contribution >= 4 is 0 Å². The second-order valence-electron chi connectivity index (χ2n) is 6.75. The zero-order valence-electron chi connectivity index (χ0n) is 15.1. The minimum atomic E-state index is 0.437. The molecule has 1 aromatic rings. The molecule has 0 aliphatic carbocycles. The third kappa shape index (κ3) is 5.80. The highest BCUT2D eigenvalue weighted by molar-refractivity contribution is 5.37. The molecule has 1 rings (SSSR count). The highest BCUT2D eigenvalue weighted by Crippen LogP contribution is 2.21. The molecule has 0 aromatic heterocycles. The van der Waals surface area contributed by atoms with Gasteiger partial charge in [0.05, 0.1) is 0 Å². The number of unbranched alkanes of at least 4 members (excludes halogenated alkanes) is 1. The number of nitrogens with zero attached hydrogens (tertiary/aromatic N) is 1. The fourth-order valence-electron chi connectivity index (χ4n) is 2.62. The number of nitrogens with one attached hydrogen (secondary N) is 1. The maximum atomic E-state index is 3.67. The fourth-order valence-corrected chi connectivity index (χ4v) is 2.62. The van der Waals surface area contributed by atoms with Crippen molar-refractivity contribution in [2.24, 2.45) is 0 Å². The Kier molecular flexibility index (Phi) is 7.41. The second kappa shape index (κ2) is 8.55.